The molecular formula is C20H20N6O2. The molecule has 4 heterocycles. The summed E-state index contributed by atoms with van der Waals surface area (Å²) in [6, 6.07) is 12.8. The number of urea groups is 1. The van der Waals surface area contributed by atoms with E-state index in [-0.39, 0.29) is 17.5 Å². The quantitative estimate of drug-likeness (QED) is 0.742. The second kappa shape index (κ2) is 6.63. The highest BCUT2D eigenvalue weighted by molar-refractivity contribution is 5.89. The van der Waals surface area contributed by atoms with E-state index in [4.69, 9.17) is 0 Å². The van der Waals surface area contributed by atoms with E-state index >= 15 is 0 Å². The van der Waals surface area contributed by atoms with Gasteiger partial charge in [0.2, 0.25) is 0 Å². The highest BCUT2D eigenvalue weighted by atomic mass is 16.2. The van der Waals surface area contributed by atoms with Crippen LogP contribution in [0.25, 0.3) is 5.69 Å². The summed E-state index contributed by atoms with van der Waals surface area (Å²) in [7, 11) is 0. The maximum absolute atomic E-state index is 12.9. The molecule has 28 heavy (non-hydrogen) atoms. The van der Waals surface area contributed by atoms with E-state index in [0.29, 0.717) is 31.2 Å². The molecule has 1 N–H and O–H groups in total. The van der Waals surface area contributed by atoms with Gasteiger partial charge in [-0.25, -0.2) is 14.5 Å². The third kappa shape index (κ3) is 2.96. The fourth-order valence-corrected chi connectivity index (χ4v) is 4.33. The van der Waals surface area contributed by atoms with Crippen LogP contribution in [0.4, 0.5) is 10.5 Å². The number of nitrogens with one attached hydrogen (secondary N) is 1. The largest absolute Gasteiger partial charge is 0.324 e. The van der Waals surface area contributed by atoms with Crippen molar-refractivity contribution in [2.75, 3.05) is 18.4 Å². The van der Waals surface area contributed by atoms with Crippen molar-refractivity contribution in [2.24, 2.45) is 5.92 Å². The highest BCUT2D eigenvalue weighted by Gasteiger charge is 2.36. The van der Waals surface area contributed by atoms with Crippen molar-refractivity contribution in [3.63, 3.8) is 0 Å². The molecule has 142 valence electrons. The second-order valence-corrected chi connectivity index (χ2v) is 7.42. The number of hydrogen-bond donors (Lipinski definition) is 1. The van der Waals surface area contributed by atoms with E-state index in [1.54, 1.807) is 17.1 Å². The molecule has 1 aromatic carbocycles. The Bertz CT molecular complexity index is 1070. The lowest BCUT2D eigenvalue weighted by Crippen LogP contribution is -2.50. The number of likely N-dealkylation sites (tertiary alicyclic amines) is 1. The lowest BCUT2D eigenvalue weighted by molar-refractivity contribution is 0.139. The van der Waals surface area contributed by atoms with Gasteiger partial charge in [0.1, 0.15) is 12.7 Å². The average Bonchev–Trinajstić information content (AvgIpc) is 3.24. The molecule has 0 radical (unpaired) electrons. The van der Waals surface area contributed by atoms with E-state index in [1.165, 1.54) is 6.33 Å². The van der Waals surface area contributed by atoms with E-state index in [2.05, 4.69) is 15.4 Å². The van der Waals surface area contributed by atoms with Crippen LogP contribution in [0.15, 0.2) is 59.9 Å². The first-order chi connectivity index (χ1) is 13.7. The number of aromatic nitrogens is 4. The molecule has 2 aliphatic rings. The number of carbonyl (C=O) groups is 1. The van der Waals surface area contributed by atoms with Crippen molar-refractivity contribution in [2.45, 2.75) is 18.9 Å². The summed E-state index contributed by atoms with van der Waals surface area (Å²) in [5.41, 5.74) is 2.63. The number of hydrogen-bond acceptors (Lipinski definition) is 4. The molecule has 1 fully saturated rings. The third-order valence-corrected chi connectivity index (χ3v) is 5.55. The van der Waals surface area contributed by atoms with Crippen LogP contribution in [0, 0.1) is 5.92 Å². The van der Waals surface area contributed by atoms with Crippen LogP contribution < -0.4 is 10.9 Å². The van der Waals surface area contributed by atoms with Crippen molar-refractivity contribution in [1.29, 1.82) is 0 Å². The summed E-state index contributed by atoms with van der Waals surface area (Å²) >= 11 is 0. The molecule has 8 heteroatoms. The topological polar surface area (TPSA) is 85.1 Å². The highest BCUT2D eigenvalue weighted by Crippen LogP contribution is 2.35. The average molecular weight is 376 g/mol. The minimum absolute atomic E-state index is 0.0510. The van der Waals surface area contributed by atoms with Gasteiger partial charge in [0.15, 0.2) is 0 Å². The van der Waals surface area contributed by atoms with Crippen LogP contribution in [0.2, 0.25) is 0 Å². The zero-order valence-corrected chi connectivity index (χ0v) is 15.2. The molecule has 1 saturated heterocycles. The first-order valence-electron chi connectivity index (χ1n) is 9.38. The van der Waals surface area contributed by atoms with E-state index < -0.39 is 0 Å². The molecule has 2 aliphatic heterocycles. The summed E-state index contributed by atoms with van der Waals surface area (Å²) in [5, 5.41) is 7.11. The Morgan fingerprint density at radius 2 is 2.00 bits per heavy atom. The Morgan fingerprint density at radius 1 is 1.11 bits per heavy atom. The smallest absolute Gasteiger partial charge is 0.321 e. The van der Waals surface area contributed by atoms with E-state index in [9.17, 15) is 9.59 Å². The number of fused-ring (bicyclic) bond motifs is 4. The maximum atomic E-state index is 12.9. The van der Waals surface area contributed by atoms with Crippen LogP contribution in [0.5, 0.6) is 0 Å². The minimum atomic E-state index is -0.114. The fraction of sp³-hybridized carbons (Fsp3) is 0.300. The molecule has 2 atom stereocenters. The van der Waals surface area contributed by atoms with Crippen LogP contribution in [0.1, 0.15) is 18.0 Å². The molecule has 0 saturated carbocycles. The van der Waals surface area contributed by atoms with Crippen molar-refractivity contribution in [3.05, 3.63) is 71.2 Å². The molecule has 3 aromatic rings. The van der Waals surface area contributed by atoms with Crippen molar-refractivity contribution in [3.8, 4) is 5.69 Å². The van der Waals surface area contributed by atoms with Gasteiger partial charge in [-0.3, -0.25) is 4.79 Å². The normalized spacial score (nSPS) is 20.5. The summed E-state index contributed by atoms with van der Waals surface area (Å²) in [5.74, 6) is 0.507. The third-order valence-electron chi connectivity index (χ3n) is 5.55. The maximum Gasteiger partial charge on any atom is 0.321 e. The Labute approximate surface area is 161 Å². The number of carbonyl (C=O) groups excluding carboxylic acids is 1. The molecular weight excluding hydrogens is 356 g/mol. The molecule has 0 aliphatic carbocycles. The molecule has 0 spiro atoms. The zero-order chi connectivity index (χ0) is 19.1. The van der Waals surface area contributed by atoms with Crippen LogP contribution >= 0.6 is 0 Å². The standard InChI is InChI=1S/C20H20N6O2/c27-19-6-2-5-18-15-7-14(10-25(18)19)9-24(11-15)20(28)23-16-3-1-4-17(8-16)26-13-21-12-22-26/h1-6,8,12-15H,7,9-11H2,(H,23,28)/t14-,15+/m1/s1. The summed E-state index contributed by atoms with van der Waals surface area (Å²) in [6.07, 6.45) is 4.11. The van der Waals surface area contributed by atoms with Crippen LogP contribution in [0.3, 0.4) is 0 Å². The van der Waals surface area contributed by atoms with Gasteiger partial charge in [0.25, 0.3) is 5.56 Å². The van der Waals surface area contributed by atoms with Crippen LogP contribution in [-0.2, 0) is 6.54 Å². The molecule has 8 nitrogen and oxygen atoms in total. The minimum Gasteiger partial charge on any atom is -0.324 e. The molecule has 5 rings (SSSR count). The van der Waals surface area contributed by atoms with Gasteiger partial charge in [0, 0.05) is 43.0 Å². The van der Waals surface area contributed by atoms with Gasteiger partial charge >= 0.3 is 6.03 Å². The first kappa shape index (κ1) is 16.7. The lowest BCUT2D eigenvalue weighted by Gasteiger charge is -2.42. The second-order valence-electron chi connectivity index (χ2n) is 7.42. The summed E-state index contributed by atoms with van der Waals surface area (Å²) < 4.78 is 3.52. The van der Waals surface area contributed by atoms with Gasteiger partial charge in [-0.1, -0.05) is 12.1 Å². The lowest BCUT2D eigenvalue weighted by atomic mass is 9.83. The molecule has 2 aromatic heterocycles. The Kier molecular flexibility index (Phi) is 3.96. The predicted octanol–water partition coefficient (Wildman–Crippen LogP) is 2.08. The van der Waals surface area contributed by atoms with Gasteiger partial charge in [0.05, 0.1) is 5.69 Å². The van der Waals surface area contributed by atoms with Gasteiger partial charge in [-0.15, -0.1) is 0 Å². The number of amides is 2. The monoisotopic (exact) mass is 376 g/mol. The van der Waals surface area contributed by atoms with Crippen LogP contribution in [-0.4, -0.2) is 43.4 Å². The SMILES string of the molecule is O=C(Nc1cccc(-n2cncn2)c1)N1C[C@H]2C[C@@H](C1)c1cccc(=O)n1C2. The Hall–Kier alpha value is -3.42. The molecule has 2 amide bonds. The first-order valence-corrected chi connectivity index (χ1v) is 9.38. The number of rotatable bonds is 2. The fourth-order valence-electron chi connectivity index (χ4n) is 4.33. The van der Waals surface area contributed by atoms with Crippen molar-refractivity contribution in [1.82, 2.24) is 24.2 Å². The predicted molar refractivity (Wildman–Crippen MR) is 104 cm³/mol. The Morgan fingerprint density at radius 3 is 2.86 bits per heavy atom. The van der Waals surface area contributed by atoms with E-state index in [1.807, 2.05) is 45.9 Å². The number of benzene rings is 1. The van der Waals surface area contributed by atoms with Crippen molar-refractivity contribution < 1.29 is 4.79 Å². The van der Waals surface area contributed by atoms with Gasteiger partial charge < -0.3 is 14.8 Å². The number of piperidine rings is 1. The summed E-state index contributed by atoms with van der Waals surface area (Å²) in [6.45, 7) is 1.96. The molecule has 2 bridgehead atoms. The van der Waals surface area contributed by atoms with E-state index in [0.717, 1.165) is 17.8 Å². The molecule has 0 unspecified atom stereocenters. The Balaban J connectivity index is 1.34. The number of pyridine rings is 1. The summed E-state index contributed by atoms with van der Waals surface area (Å²) in [4.78, 5) is 30.8. The van der Waals surface area contributed by atoms with Gasteiger partial charge in [-0.2, -0.15) is 5.10 Å². The number of anilines is 1. The van der Waals surface area contributed by atoms with Gasteiger partial charge in [-0.05, 0) is 36.6 Å². The zero-order valence-electron chi connectivity index (χ0n) is 15.2. The van der Waals surface area contributed by atoms with Crippen molar-refractivity contribution >= 4 is 11.7 Å². The number of nitrogens with zero attached hydrogens (tertiary/aromatic N) is 5.